The number of oxazole rings is 1. The van der Waals surface area contributed by atoms with Gasteiger partial charge in [0.15, 0.2) is 6.39 Å². The highest BCUT2D eigenvalue weighted by Gasteiger charge is 2.17. The molecule has 0 atom stereocenters. The number of aromatic nitrogens is 1. The Morgan fingerprint density at radius 2 is 1.50 bits per heavy atom. The second-order valence-corrected chi connectivity index (χ2v) is 4.28. The number of benzene rings is 2. The fraction of sp³-hybridized carbons (Fsp3) is 0. The van der Waals surface area contributed by atoms with E-state index < -0.39 is 5.97 Å². The number of carboxylic acid groups (broad SMARTS) is 1. The first kappa shape index (κ1) is 12.2. The van der Waals surface area contributed by atoms with Gasteiger partial charge >= 0.3 is 5.97 Å². The summed E-state index contributed by atoms with van der Waals surface area (Å²) in [7, 11) is 0. The average molecular weight is 265 g/mol. The molecule has 0 saturated carbocycles. The molecule has 0 aliphatic carbocycles. The maximum Gasteiger partial charge on any atom is 0.374 e. The summed E-state index contributed by atoms with van der Waals surface area (Å²) in [5.41, 5.74) is 3.24. The first-order chi connectivity index (χ1) is 9.75. The van der Waals surface area contributed by atoms with E-state index in [4.69, 9.17) is 9.52 Å². The number of carboxylic acids is 1. The van der Waals surface area contributed by atoms with Gasteiger partial charge in [-0.05, 0) is 11.1 Å². The molecule has 2 aromatic carbocycles. The van der Waals surface area contributed by atoms with Gasteiger partial charge < -0.3 is 9.52 Å². The fourth-order valence-electron chi connectivity index (χ4n) is 2.05. The van der Waals surface area contributed by atoms with E-state index in [0.29, 0.717) is 5.69 Å². The summed E-state index contributed by atoms with van der Waals surface area (Å²) in [5.74, 6) is -1.26. The lowest BCUT2D eigenvalue weighted by Gasteiger charge is -2.03. The van der Waals surface area contributed by atoms with E-state index in [0.717, 1.165) is 23.1 Å². The normalized spacial score (nSPS) is 10.4. The summed E-state index contributed by atoms with van der Waals surface area (Å²) in [5, 5.41) is 9.01. The van der Waals surface area contributed by atoms with Crippen LogP contribution in [-0.2, 0) is 0 Å². The second kappa shape index (κ2) is 5.01. The van der Waals surface area contributed by atoms with Gasteiger partial charge in [0.1, 0.15) is 5.69 Å². The minimum atomic E-state index is -1.12. The highest BCUT2D eigenvalue weighted by molar-refractivity contribution is 5.91. The lowest BCUT2D eigenvalue weighted by molar-refractivity contribution is 0.0663. The summed E-state index contributed by atoms with van der Waals surface area (Å²) in [6.45, 7) is 0. The van der Waals surface area contributed by atoms with E-state index in [2.05, 4.69) is 4.98 Å². The average Bonchev–Trinajstić information content (AvgIpc) is 2.98. The molecule has 0 aliphatic rings. The van der Waals surface area contributed by atoms with Crippen molar-refractivity contribution in [3.05, 3.63) is 66.8 Å². The van der Waals surface area contributed by atoms with Gasteiger partial charge in [0.2, 0.25) is 5.76 Å². The predicted octanol–water partition coefficient (Wildman–Crippen LogP) is 3.71. The molecular formula is C16H11NO3. The van der Waals surface area contributed by atoms with Gasteiger partial charge in [-0.15, -0.1) is 0 Å². The van der Waals surface area contributed by atoms with Crippen molar-refractivity contribution in [1.82, 2.24) is 4.98 Å². The van der Waals surface area contributed by atoms with Crippen LogP contribution in [0.1, 0.15) is 10.6 Å². The third-order valence-electron chi connectivity index (χ3n) is 3.03. The second-order valence-electron chi connectivity index (χ2n) is 4.28. The Morgan fingerprint density at radius 3 is 2.15 bits per heavy atom. The topological polar surface area (TPSA) is 63.3 Å². The number of aromatic carboxylic acids is 1. The fourth-order valence-corrected chi connectivity index (χ4v) is 2.05. The molecule has 0 saturated heterocycles. The van der Waals surface area contributed by atoms with Crippen LogP contribution in [0.5, 0.6) is 0 Å². The molecule has 20 heavy (non-hydrogen) atoms. The zero-order valence-electron chi connectivity index (χ0n) is 10.5. The van der Waals surface area contributed by atoms with Crippen molar-refractivity contribution < 1.29 is 14.3 Å². The molecule has 1 heterocycles. The van der Waals surface area contributed by atoms with Crippen LogP contribution in [0.4, 0.5) is 0 Å². The third-order valence-corrected chi connectivity index (χ3v) is 3.03. The van der Waals surface area contributed by atoms with Crippen molar-refractivity contribution in [3.63, 3.8) is 0 Å². The minimum Gasteiger partial charge on any atom is -0.475 e. The van der Waals surface area contributed by atoms with E-state index >= 15 is 0 Å². The van der Waals surface area contributed by atoms with Crippen LogP contribution in [0.2, 0.25) is 0 Å². The maximum absolute atomic E-state index is 11.0. The van der Waals surface area contributed by atoms with E-state index in [9.17, 15) is 4.79 Å². The van der Waals surface area contributed by atoms with Crippen molar-refractivity contribution in [2.45, 2.75) is 0 Å². The zero-order chi connectivity index (χ0) is 13.9. The molecule has 3 aromatic rings. The highest BCUT2D eigenvalue weighted by Crippen LogP contribution is 2.26. The van der Waals surface area contributed by atoms with Crippen LogP contribution in [-0.4, -0.2) is 16.1 Å². The molecule has 0 fully saturated rings. The highest BCUT2D eigenvalue weighted by atomic mass is 16.4. The van der Waals surface area contributed by atoms with Crippen molar-refractivity contribution in [2.75, 3.05) is 0 Å². The molecular weight excluding hydrogens is 254 g/mol. The molecule has 0 spiro atoms. The third kappa shape index (κ3) is 2.19. The van der Waals surface area contributed by atoms with Crippen LogP contribution in [0, 0.1) is 0 Å². The molecule has 0 bridgehead atoms. The standard InChI is InChI=1S/C16H11NO3/c18-16(19)15-14(17-10-20-15)13-8-6-12(7-9-13)11-4-2-1-3-5-11/h1-10H,(H,18,19). The molecule has 4 nitrogen and oxygen atoms in total. The van der Waals surface area contributed by atoms with Gasteiger partial charge in [-0.3, -0.25) is 0 Å². The molecule has 1 aromatic heterocycles. The van der Waals surface area contributed by atoms with Gasteiger partial charge in [0, 0.05) is 5.56 Å². The Balaban J connectivity index is 1.98. The molecule has 0 unspecified atom stereocenters. The van der Waals surface area contributed by atoms with Crippen LogP contribution in [0.3, 0.4) is 0 Å². The SMILES string of the molecule is O=C(O)c1ocnc1-c1ccc(-c2ccccc2)cc1. The summed E-state index contributed by atoms with van der Waals surface area (Å²) in [4.78, 5) is 15.0. The minimum absolute atomic E-state index is 0.141. The van der Waals surface area contributed by atoms with Crippen molar-refractivity contribution in [1.29, 1.82) is 0 Å². The largest absolute Gasteiger partial charge is 0.475 e. The molecule has 0 aliphatic heterocycles. The van der Waals surface area contributed by atoms with Gasteiger partial charge in [0.05, 0.1) is 0 Å². The van der Waals surface area contributed by atoms with E-state index in [1.54, 1.807) is 0 Å². The van der Waals surface area contributed by atoms with Crippen molar-refractivity contribution in [3.8, 4) is 22.4 Å². The Labute approximate surface area is 115 Å². The number of nitrogens with zero attached hydrogens (tertiary/aromatic N) is 1. The maximum atomic E-state index is 11.0. The van der Waals surface area contributed by atoms with Gasteiger partial charge in [-0.25, -0.2) is 9.78 Å². The number of hydrogen-bond acceptors (Lipinski definition) is 3. The van der Waals surface area contributed by atoms with E-state index in [1.807, 2.05) is 54.6 Å². The van der Waals surface area contributed by atoms with Crippen molar-refractivity contribution in [2.24, 2.45) is 0 Å². The Hall–Kier alpha value is -2.88. The quantitative estimate of drug-likeness (QED) is 0.784. The summed E-state index contributed by atoms with van der Waals surface area (Å²) in [6.07, 6.45) is 1.14. The number of carbonyl (C=O) groups is 1. The summed E-state index contributed by atoms with van der Waals surface area (Å²) < 4.78 is 4.88. The van der Waals surface area contributed by atoms with E-state index in [1.165, 1.54) is 0 Å². The molecule has 0 radical (unpaired) electrons. The Bertz CT molecular complexity index is 730. The smallest absolute Gasteiger partial charge is 0.374 e. The first-order valence-corrected chi connectivity index (χ1v) is 6.08. The molecule has 98 valence electrons. The lowest BCUT2D eigenvalue weighted by Crippen LogP contribution is -1.96. The van der Waals surface area contributed by atoms with Gasteiger partial charge in [0.25, 0.3) is 0 Å². The van der Waals surface area contributed by atoms with Crippen LogP contribution in [0.15, 0.2) is 65.4 Å². The monoisotopic (exact) mass is 265 g/mol. The Morgan fingerprint density at radius 1 is 0.900 bits per heavy atom. The molecule has 0 amide bonds. The number of hydrogen-bond donors (Lipinski definition) is 1. The zero-order valence-corrected chi connectivity index (χ0v) is 10.5. The summed E-state index contributed by atoms with van der Waals surface area (Å²) >= 11 is 0. The molecule has 1 N–H and O–H groups in total. The van der Waals surface area contributed by atoms with E-state index in [-0.39, 0.29) is 5.76 Å². The van der Waals surface area contributed by atoms with Crippen molar-refractivity contribution >= 4 is 5.97 Å². The molecule has 4 heteroatoms. The van der Waals surface area contributed by atoms with Crippen LogP contribution < -0.4 is 0 Å². The van der Waals surface area contributed by atoms with Crippen LogP contribution >= 0.6 is 0 Å². The van der Waals surface area contributed by atoms with Gasteiger partial charge in [-0.1, -0.05) is 54.6 Å². The number of rotatable bonds is 3. The summed E-state index contributed by atoms with van der Waals surface area (Å²) in [6, 6.07) is 17.5. The predicted molar refractivity (Wildman–Crippen MR) is 74.3 cm³/mol. The van der Waals surface area contributed by atoms with Crippen LogP contribution in [0.25, 0.3) is 22.4 Å². The lowest BCUT2D eigenvalue weighted by atomic mass is 10.0. The van der Waals surface area contributed by atoms with Gasteiger partial charge in [-0.2, -0.15) is 0 Å². The first-order valence-electron chi connectivity index (χ1n) is 6.08. The molecule has 3 rings (SSSR count). The Kier molecular flexibility index (Phi) is 3.05.